The van der Waals surface area contributed by atoms with Crippen LogP contribution in [0.2, 0.25) is 0 Å². The molecule has 0 saturated heterocycles. The fourth-order valence-electron chi connectivity index (χ4n) is 3.98. The van der Waals surface area contributed by atoms with Crippen LogP contribution in [0.4, 0.5) is 11.5 Å². The highest BCUT2D eigenvalue weighted by atomic mass is 16.2. The Bertz CT molecular complexity index is 1570. The second-order valence-corrected chi connectivity index (χ2v) is 8.20. The Hall–Kier alpha value is -4.47. The van der Waals surface area contributed by atoms with Crippen molar-refractivity contribution in [2.24, 2.45) is 7.05 Å². The summed E-state index contributed by atoms with van der Waals surface area (Å²) in [5.74, 6) is -0.714. The summed E-state index contributed by atoms with van der Waals surface area (Å²) in [4.78, 5) is 55.5. The zero-order valence-corrected chi connectivity index (χ0v) is 19.5. The van der Waals surface area contributed by atoms with Crippen molar-refractivity contribution in [3.8, 4) is 0 Å². The molecular formula is C25H26N6O4. The summed E-state index contributed by atoms with van der Waals surface area (Å²) in [5.41, 5.74) is 5.27. The predicted octanol–water partition coefficient (Wildman–Crippen LogP) is 1.86. The van der Waals surface area contributed by atoms with Gasteiger partial charge in [0.05, 0.1) is 11.9 Å². The van der Waals surface area contributed by atoms with Gasteiger partial charge in [-0.15, -0.1) is 0 Å². The van der Waals surface area contributed by atoms with Crippen molar-refractivity contribution in [1.29, 1.82) is 0 Å². The summed E-state index contributed by atoms with van der Waals surface area (Å²) in [5, 5.41) is 4.92. The molecule has 0 aliphatic carbocycles. The lowest BCUT2D eigenvalue weighted by Crippen LogP contribution is -2.42. The molecule has 1 amide bonds. The van der Waals surface area contributed by atoms with Crippen LogP contribution in [-0.2, 0) is 13.6 Å². The number of aromatic amines is 1. The summed E-state index contributed by atoms with van der Waals surface area (Å²) in [6.45, 7) is 2.24. The average molecular weight is 475 g/mol. The lowest BCUT2D eigenvalue weighted by molar-refractivity contribution is 0.0981. The number of anilines is 2. The van der Waals surface area contributed by atoms with E-state index in [0.717, 1.165) is 16.7 Å². The van der Waals surface area contributed by atoms with Gasteiger partial charge in [-0.3, -0.25) is 28.8 Å². The number of unbranched alkanes of at least 4 members (excludes halogenated alkanes) is 1. The summed E-state index contributed by atoms with van der Waals surface area (Å²) in [7, 11) is 1.46. The number of aromatic nitrogens is 4. The summed E-state index contributed by atoms with van der Waals surface area (Å²) in [6.07, 6.45) is 1.32. The first-order valence-electron chi connectivity index (χ1n) is 11.3. The monoisotopic (exact) mass is 474 g/mol. The summed E-state index contributed by atoms with van der Waals surface area (Å²) in [6, 6.07) is 15.8. The molecule has 0 aliphatic heterocycles. The van der Waals surface area contributed by atoms with Gasteiger partial charge in [0.15, 0.2) is 11.4 Å². The number of H-pyrrole nitrogens is 1. The maximum Gasteiger partial charge on any atom is 0.330 e. The molecule has 0 aliphatic rings. The molecular weight excluding hydrogens is 448 g/mol. The van der Waals surface area contributed by atoms with Gasteiger partial charge in [0, 0.05) is 19.0 Å². The number of nitrogens with two attached hydrogens (primary N) is 1. The molecule has 180 valence electrons. The van der Waals surface area contributed by atoms with Crippen molar-refractivity contribution >= 4 is 28.2 Å². The molecule has 0 radical (unpaired) electrons. The molecule has 0 atom stereocenters. The van der Waals surface area contributed by atoms with Crippen LogP contribution in [0.1, 0.15) is 35.8 Å². The van der Waals surface area contributed by atoms with Gasteiger partial charge in [-0.2, -0.15) is 5.10 Å². The van der Waals surface area contributed by atoms with E-state index in [1.165, 1.54) is 16.5 Å². The third-order valence-corrected chi connectivity index (χ3v) is 5.81. The highest BCUT2D eigenvalue weighted by Crippen LogP contribution is 2.23. The molecule has 4 rings (SSSR count). The Labute approximate surface area is 200 Å². The highest BCUT2D eigenvalue weighted by molar-refractivity contribution is 6.13. The first-order valence-corrected chi connectivity index (χ1v) is 11.3. The van der Waals surface area contributed by atoms with Crippen molar-refractivity contribution in [1.82, 2.24) is 19.3 Å². The predicted molar refractivity (Wildman–Crippen MR) is 135 cm³/mol. The summed E-state index contributed by atoms with van der Waals surface area (Å²) < 4.78 is 2.32. The van der Waals surface area contributed by atoms with Gasteiger partial charge in [0.1, 0.15) is 5.82 Å². The third kappa shape index (κ3) is 4.50. The lowest BCUT2D eigenvalue weighted by atomic mass is 10.1. The van der Waals surface area contributed by atoms with Gasteiger partial charge < -0.3 is 5.73 Å². The number of nitrogens with one attached hydrogen (secondary N) is 1. The second kappa shape index (κ2) is 9.80. The second-order valence-electron chi connectivity index (χ2n) is 8.20. The van der Waals surface area contributed by atoms with Gasteiger partial charge in [-0.05, 0) is 18.1 Å². The van der Waals surface area contributed by atoms with Crippen molar-refractivity contribution in [3.63, 3.8) is 0 Å². The van der Waals surface area contributed by atoms with Gasteiger partial charge in [-0.1, -0.05) is 61.9 Å². The third-order valence-electron chi connectivity index (χ3n) is 5.81. The number of amides is 1. The van der Waals surface area contributed by atoms with Gasteiger partial charge >= 0.3 is 5.69 Å². The van der Waals surface area contributed by atoms with Crippen LogP contribution < -0.4 is 27.4 Å². The van der Waals surface area contributed by atoms with Gasteiger partial charge in [-0.25, -0.2) is 9.48 Å². The molecule has 0 bridgehead atoms. The van der Waals surface area contributed by atoms with E-state index >= 15 is 0 Å². The van der Waals surface area contributed by atoms with E-state index in [1.54, 1.807) is 24.3 Å². The Morgan fingerprint density at radius 3 is 2.37 bits per heavy atom. The van der Waals surface area contributed by atoms with Crippen LogP contribution in [0.3, 0.4) is 0 Å². The Morgan fingerprint density at radius 2 is 1.69 bits per heavy atom. The maximum atomic E-state index is 13.8. The van der Waals surface area contributed by atoms with Gasteiger partial charge in [0.25, 0.3) is 17.0 Å². The minimum Gasteiger partial charge on any atom is -0.383 e. The molecule has 10 nitrogen and oxygen atoms in total. The number of hydrogen-bond acceptors (Lipinski definition) is 6. The molecule has 4 aromatic rings. The Kier molecular flexibility index (Phi) is 6.63. The molecule has 0 spiro atoms. The van der Waals surface area contributed by atoms with E-state index in [9.17, 15) is 19.2 Å². The molecule has 2 aromatic carbocycles. The normalized spacial score (nSPS) is 11.0. The van der Waals surface area contributed by atoms with Crippen LogP contribution in [0, 0.1) is 0 Å². The van der Waals surface area contributed by atoms with Crippen LogP contribution in [0.25, 0.3) is 10.8 Å². The van der Waals surface area contributed by atoms with E-state index in [0.29, 0.717) is 17.2 Å². The van der Waals surface area contributed by atoms with Crippen molar-refractivity contribution < 1.29 is 4.79 Å². The van der Waals surface area contributed by atoms with Gasteiger partial charge in [0.2, 0.25) is 0 Å². The summed E-state index contributed by atoms with van der Waals surface area (Å²) >= 11 is 0. The zero-order valence-electron chi connectivity index (χ0n) is 19.5. The Morgan fingerprint density at radius 1 is 1.03 bits per heavy atom. The standard InChI is InChI=1S/C25H26N6O4/c1-3-4-14-30(24(34)19-17-12-8-9-13-18(17)23(33)29(2)28-19)20-21(26)31(25(35)27-22(20)32)15-16-10-6-5-7-11-16/h5-13H,3-4,14-15,26H2,1-2H3,(H,27,32,35). The molecule has 10 heteroatoms. The lowest BCUT2D eigenvalue weighted by Gasteiger charge is -2.24. The fraction of sp³-hybridized carbons (Fsp3) is 0.240. The number of hydrogen-bond donors (Lipinski definition) is 2. The Balaban J connectivity index is 1.90. The molecule has 2 heterocycles. The maximum absolute atomic E-state index is 13.8. The minimum atomic E-state index is -0.768. The largest absolute Gasteiger partial charge is 0.383 e. The molecule has 35 heavy (non-hydrogen) atoms. The highest BCUT2D eigenvalue weighted by Gasteiger charge is 2.28. The molecule has 3 N–H and O–H groups in total. The first kappa shape index (κ1) is 23.7. The van der Waals surface area contributed by atoms with Crippen LogP contribution in [0.15, 0.2) is 69.0 Å². The minimum absolute atomic E-state index is 0.0124. The number of carbonyl (C=O) groups is 1. The quantitative estimate of drug-likeness (QED) is 0.420. The molecule has 0 fully saturated rings. The first-order chi connectivity index (χ1) is 16.8. The van der Waals surface area contributed by atoms with Crippen LogP contribution in [0.5, 0.6) is 0 Å². The smallest absolute Gasteiger partial charge is 0.330 e. The number of nitrogen functional groups attached to an aromatic ring is 1. The van der Waals surface area contributed by atoms with E-state index in [1.807, 2.05) is 37.3 Å². The van der Waals surface area contributed by atoms with Crippen molar-refractivity contribution in [2.45, 2.75) is 26.3 Å². The topological polar surface area (TPSA) is 136 Å². The van der Waals surface area contributed by atoms with Crippen LogP contribution >= 0.6 is 0 Å². The number of fused-ring (bicyclic) bond motifs is 1. The molecule has 0 unspecified atom stereocenters. The fourth-order valence-corrected chi connectivity index (χ4v) is 3.98. The SMILES string of the molecule is CCCCN(C(=O)c1nn(C)c(=O)c2ccccc12)c1c(N)n(Cc2ccccc2)c(=O)[nH]c1=O. The van der Waals surface area contributed by atoms with Crippen molar-refractivity contribution in [3.05, 3.63) is 97.0 Å². The van der Waals surface area contributed by atoms with Crippen LogP contribution in [-0.4, -0.2) is 31.8 Å². The number of aryl methyl sites for hydroxylation is 1. The average Bonchev–Trinajstić information content (AvgIpc) is 2.86. The number of rotatable bonds is 7. The van der Waals surface area contributed by atoms with E-state index < -0.39 is 17.2 Å². The van der Waals surface area contributed by atoms with Crippen molar-refractivity contribution in [2.75, 3.05) is 17.2 Å². The zero-order chi connectivity index (χ0) is 25.1. The van der Waals surface area contributed by atoms with E-state index in [4.69, 9.17) is 5.73 Å². The number of benzene rings is 2. The van der Waals surface area contributed by atoms with E-state index in [2.05, 4.69) is 10.1 Å². The molecule has 2 aromatic heterocycles. The van der Waals surface area contributed by atoms with E-state index in [-0.39, 0.29) is 35.8 Å². The molecule has 0 saturated carbocycles. The number of carbonyl (C=O) groups excluding carboxylic acids is 1. The number of nitrogens with zero attached hydrogens (tertiary/aromatic N) is 4.